The van der Waals surface area contributed by atoms with Crippen LogP contribution in [0.15, 0.2) is 60.4 Å². The number of carbonyl (C=O) groups is 2. The smallest absolute Gasteiger partial charge is 0.270 e. The molecule has 2 amide bonds. The highest BCUT2D eigenvalue weighted by molar-refractivity contribution is 7.80. The minimum atomic E-state index is -0.525. The molecule has 1 aliphatic heterocycles. The molecule has 1 N–H and O–H groups in total. The highest BCUT2D eigenvalue weighted by Gasteiger charge is 2.35. The molecule has 1 fully saturated rings. The highest BCUT2D eigenvalue weighted by atomic mass is 32.1. The summed E-state index contributed by atoms with van der Waals surface area (Å²) in [7, 11) is 0. The number of aryl methyl sites for hydroxylation is 1. The first kappa shape index (κ1) is 21.5. The maximum atomic E-state index is 13.3. The predicted molar refractivity (Wildman–Crippen MR) is 127 cm³/mol. The number of nitrogens with one attached hydrogen (secondary N) is 1. The van der Waals surface area contributed by atoms with E-state index in [9.17, 15) is 9.59 Å². The Morgan fingerprint density at radius 2 is 1.91 bits per heavy atom. The van der Waals surface area contributed by atoms with Crippen LogP contribution in [0.4, 0.5) is 5.69 Å². The largest absolute Gasteiger partial charge is 0.494 e. The first-order valence-electron chi connectivity index (χ1n) is 10.1. The molecule has 0 saturated carbocycles. The van der Waals surface area contributed by atoms with Crippen LogP contribution in [-0.4, -0.2) is 33.1 Å². The number of anilines is 1. The van der Waals surface area contributed by atoms with Crippen LogP contribution in [0.5, 0.6) is 5.75 Å². The van der Waals surface area contributed by atoms with Gasteiger partial charge >= 0.3 is 0 Å². The normalized spacial score (nSPS) is 15.3. The second kappa shape index (κ2) is 8.76. The van der Waals surface area contributed by atoms with Crippen molar-refractivity contribution in [1.29, 1.82) is 0 Å². The Hall–Kier alpha value is -3.78. The van der Waals surface area contributed by atoms with Crippen molar-refractivity contribution in [3.05, 3.63) is 77.4 Å². The van der Waals surface area contributed by atoms with Crippen molar-refractivity contribution < 1.29 is 14.3 Å². The zero-order chi connectivity index (χ0) is 22.8. The maximum absolute atomic E-state index is 13.3. The molecule has 0 unspecified atom stereocenters. The first-order chi connectivity index (χ1) is 15.4. The fourth-order valence-corrected chi connectivity index (χ4v) is 4.02. The van der Waals surface area contributed by atoms with Gasteiger partial charge in [-0.1, -0.05) is 6.07 Å². The summed E-state index contributed by atoms with van der Waals surface area (Å²) in [5.41, 5.74) is 4.05. The van der Waals surface area contributed by atoms with Crippen LogP contribution in [0.3, 0.4) is 0 Å². The van der Waals surface area contributed by atoms with E-state index < -0.39 is 11.8 Å². The summed E-state index contributed by atoms with van der Waals surface area (Å²) in [6, 6.07) is 12.8. The van der Waals surface area contributed by atoms with E-state index in [-0.39, 0.29) is 10.7 Å². The molecule has 1 aliphatic rings. The summed E-state index contributed by atoms with van der Waals surface area (Å²) in [5.74, 6) is -0.398. The van der Waals surface area contributed by atoms with Crippen LogP contribution in [0, 0.1) is 13.8 Å². The highest BCUT2D eigenvalue weighted by Crippen LogP contribution is 2.27. The van der Waals surface area contributed by atoms with Crippen LogP contribution in [0.1, 0.15) is 23.9 Å². The van der Waals surface area contributed by atoms with E-state index in [4.69, 9.17) is 17.0 Å². The van der Waals surface area contributed by atoms with Gasteiger partial charge in [0, 0.05) is 23.7 Å². The van der Waals surface area contributed by atoms with Gasteiger partial charge in [0.2, 0.25) is 0 Å². The number of benzene rings is 1. The second-order valence-corrected chi connectivity index (χ2v) is 7.65. The summed E-state index contributed by atoms with van der Waals surface area (Å²) in [4.78, 5) is 31.5. The fraction of sp³-hybridized carbons (Fsp3) is 0.167. The van der Waals surface area contributed by atoms with Crippen LogP contribution >= 0.6 is 12.2 Å². The molecule has 2 aromatic heterocycles. The number of rotatable bonds is 5. The fourth-order valence-electron chi connectivity index (χ4n) is 3.74. The Labute approximate surface area is 191 Å². The summed E-state index contributed by atoms with van der Waals surface area (Å²) < 4.78 is 7.56. The van der Waals surface area contributed by atoms with E-state index in [1.54, 1.807) is 42.7 Å². The molecule has 0 aliphatic carbocycles. The van der Waals surface area contributed by atoms with E-state index in [1.165, 1.54) is 4.90 Å². The van der Waals surface area contributed by atoms with Gasteiger partial charge in [0.25, 0.3) is 11.8 Å². The van der Waals surface area contributed by atoms with Gasteiger partial charge in [0.05, 0.1) is 24.2 Å². The Balaban J connectivity index is 1.74. The summed E-state index contributed by atoms with van der Waals surface area (Å²) in [5, 5.41) is 2.66. The quantitative estimate of drug-likeness (QED) is 0.367. The predicted octanol–water partition coefficient (Wildman–Crippen LogP) is 3.72. The number of nitrogens with zero attached hydrogens (tertiary/aromatic N) is 3. The van der Waals surface area contributed by atoms with Crippen LogP contribution in [-0.2, 0) is 9.59 Å². The van der Waals surface area contributed by atoms with Gasteiger partial charge < -0.3 is 9.30 Å². The van der Waals surface area contributed by atoms with Crippen molar-refractivity contribution in [2.75, 3.05) is 11.5 Å². The number of thiocarbonyl (C=S) groups is 1. The SMILES string of the molecule is CCOc1cccc(N2C(=O)/C(=C/c3cc(C)n(-c4cccnc4)c3C)C(=O)NC2=S)c1. The van der Waals surface area contributed by atoms with Crippen molar-refractivity contribution in [3.63, 3.8) is 0 Å². The molecule has 7 nitrogen and oxygen atoms in total. The Morgan fingerprint density at radius 1 is 1.12 bits per heavy atom. The second-order valence-electron chi connectivity index (χ2n) is 7.26. The molecule has 0 radical (unpaired) electrons. The lowest BCUT2D eigenvalue weighted by molar-refractivity contribution is -0.122. The molecule has 3 heterocycles. The number of aromatic nitrogens is 2. The van der Waals surface area contributed by atoms with Gasteiger partial charge in [-0.25, -0.2) is 0 Å². The third-order valence-electron chi connectivity index (χ3n) is 5.16. The van der Waals surface area contributed by atoms with Crippen molar-refractivity contribution in [2.24, 2.45) is 0 Å². The van der Waals surface area contributed by atoms with Crippen LogP contribution in [0.2, 0.25) is 0 Å². The van der Waals surface area contributed by atoms with Gasteiger partial charge in [0.1, 0.15) is 11.3 Å². The molecule has 8 heteroatoms. The van der Waals surface area contributed by atoms with E-state index in [1.807, 2.05) is 43.5 Å². The molecule has 0 bridgehead atoms. The van der Waals surface area contributed by atoms with Crippen molar-refractivity contribution >= 4 is 40.9 Å². The monoisotopic (exact) mass is 446 g/mol. The Kier molecular flexibility index (Phi) is 5.87. The number of hydrogen-bond donors (Lipinski definition) is 1. The van der Waals surface area contributed by atoms with E-state index in [0.29, 0.717) is 18.0 Å². The maximum Gasteiger partial charge on any atom is 0.270 e. The lowest BCUT2D eigenvalue weighted by atomic mass is 10.1. The summed E-state index contributed by atoms with van der Waals surface area (Å²) in [6.07, 6.45) is 5.08. The number of carbonyl (C=O) groups excluding carboxylic acids is 2. The van der Waals surface area contributed by atoms with Gasteiger partial charge in [-0.3, -0.25) is 24.8 Å². The molecular weight excluding hydrogens is 424 g/mol. The average molecular weight is 447 g/mol. The van der Waals surface area contributed by atoms with E-state index >= 15 is 0 Å². The summed E-state index contributed by atoms with van der Waals surface area (Å²) in [6.45, 7) is 6.28. The minimum Gasteiger partial charge on any atom is -0.494 e. The molecule has 0 atom stereocenters. The molecular formula is C24H22N4O3S. The molecule has 1 aromatic carbocycles. The van der Waals surface area contributed by atoms with Gasteiger partial charge in [-0.15, -0.1) is 0 Å². The third kappa shape index (κ3) is 3.92. The van der Waals surface area contributed by atoms with Gasteiger partial charge in [0.15, 0.2) is 5.11 Å². The van der Waals surface area contributed by atoms with Gasteiger partial charge in [-0.2, -0.15) is 0 Å². The van der Waals surface area contributed by atoms with Crippen molar-refractivity contribution in [2.45, 2.75) is 20.8 Å². The van der Waals surface area contributed by atoms with E-state index in [2.05, 4.69) is 10.3 Å². The number of ether oxygens (including phenoxy) is 1. The molecule has 162 valence electrons. The number of hydrogen-bond acceptors (Lipinski definition) is 5. The molecule has 4 rings (SSSR count). The van der Waals surface area contributed by atoms with Crippen molar-refractivity contribution in [1.82, 2.24) is 14.9 Å². The number of amides is 2. The third-order valence-corrected chi connectivity index (χ3v) is 5.45. The molecule has 32 heavy (non-hydrogen) atoms. The molecule has 0 spiro atoms. The standard InChI is InChI=1S/C24H22N4O3S/c1-4-31-20-9-5-7-18(13-20)28-23(30)21(22(29)26-24(28)32)12-17-11-15(2)27(16(17)3)19-8-6-10-25-14-19/h5-14H,4H2,1-3H3,(H,26,29,32)/b21-12+. The Bertz CT molecular complexity index is 1250. The molecule has 3 aromatic rings. The zero-order valence-electron chi connectivity index (χ0n) is 18.0. The Morgan fingerprint density at radius 3 is 2.62 bits per heavy atom. The van der Waals surface area contributed by atoms with Gasteiger partial charge in [-0.05, 0) is 75.0 Å². The van der Waals surface area contributed by atoms with E-state index in [0.717, 1.165) is 22.6 Å². The topological polar surface area (TPSA) is 76.5 Å². The lowest BCUT2D eigenvalue weighted by Gasteiger charge is -2.29. The van der Waals surface area contributed by atoms with Crippen molar-refractivity contribution in [3.8, 4) is 11.4 Å². The van der Waals surface area contributed by atoms with Crippen LogP contribution < -0.4 is 15.0 Å². The minimum absolute atomic E-state index is 0.00634. The zero-order valence-corrected chi connectivity index (χ0v) is 18.8. The first-order valence-corrected chi connectivity index (χ1v) is 10.5. The lowest BCUT2D eigenvalue weighted by Crippen LogP contribution is -2.54. The number of pyridine rings is 1. The van der Waals surface area contributed by atoms with Crippen LogP contribution in [0.25, 0.3) is 11.8 Å². The molecule has 1 saturated heterocycles. The average Bonchev–Trinajstić information content (AvgIpc) is 3.05. The summed E-state index contributed by atoms with van der Waals surface area (Å²) >= 11 is 5.30.